The van der Waals surface area contributed by atoms with Crippen molar-refractivity contribution >= 4 is 5.91 Å². The van der Waals surface area contributed by atoms with Crippen molar-refractivity contribution in [2.45, 2.75) is 32.4 Å². The molecule has 5 nitrogen and oxygen atoms in total. The summed E-state index contributed by atoms with van der Waals surface area (Å²) in [6.07, 6.45) is 3.90. The molecular weight excluding hydrogens is 348 g/mol. The number of likely N-dealkylation sites (tertiary alicyclic amines) is 1. The molecule has 1 aromatic heterocycles. The van der Waals surface area contributed by atoms with Crippen LogP contribution in [0.5, 0.6) is 0 Å². The highest BCUT2D eigenvalue weighted by Gasteiger charge is 2.14. The predicted octanol–water partition coefficient (Wildman–Crippen LogP) is 3.99. The molecule has 28 heavy (non-hydrogen) atoms. The lowest BCUT2D eigenvalue weighted by Crippen LogP contribution is -2.30. The minimum Gasteiger partial charge on any atom is -0.347 e. The number of hydrogen-bond donors (Lipinski definition) is 2. The molecule has 0 atom stereocenters. The summed E-state index contributed by atoms with van der Waals surface area (Å²) in [5.74, 6) is -0.137. The third-order valence-electron chi connectivity index (χ3n) is 5.29. The number of rotatable bonds is 6. The van der Waals surface area contributed by atoms with Crippen LogP contribution >= 0.6 is 0 Å². The Kier molecular flexibility index (Phi) is 5.83. The van der Waals surface area contributed by atoms with Gasteiger partial charge in [0.2, 0.25) is 0 Å². The zero-order valence-corrected chi connectivity index (χ0v) is 16.0. The third-order valence-corrected chi connectivity index (χ3v) is 5.29. The van der Waals surface area contributed by atoms with Gasteiger partial charge in [-0.05, 0) is 43.1 Å². The molecule has 1 aliphatic heterocycles. The van der Waals surface area contributed by atoms with Crippen molar-refractivity contribution in [1.29, 1.82) is 0 Å². The van der Waals surface area contributed by atoms with Crippen LogP contribution in [0.4, 0.5) is 0 Å². The van der Waals surface area contributed by atoms with E-state index < -0.39 is 0 Å². The van der Waals surface area contributed by atoms with E-state index in [0.29, 0.717) is 12.2 Å². The lowest BCUT2D eigenvalue weighted by Gasteiger charge is -2.27. The SMILES string of the molecule is O=C(NCc1ccccc1CN1CCCCC1)c1cc(-c2ccccc2)n[nH]1. The summed E-state index contributed by atoms with van der Waals surface area (Å²) in [4.78, 5) is 15.1. The molecule has 3 aromatic rings. The first kappa shape index (κ1) is 18.4. The highest BCUT2D eigenvalue weighted by Crippen LogP contribution is 2.18. The fourth-order valence-corrected chi connectivity index (χ4v) is 3.71. The van der Waals surface area contributed by atoms with Gasteiger partial charge >= 0.3 is 0 Å². The fraction of sp³-hybridized carbons (Fsp3) is 0.304. The summed E-state index contributed by atoms with van der Waals surface area (Å²) < 4.78 is 0. The van der Waals surface area contributed by atoms with Crippen LogP contribution in [0.3, 0.4) is 0 Å². The van der Waals surface area contributed by atoms with Crippen molar-refractivity contribution in [3.63, 3.8) is 0 Å². The Bertz CT molecular complexity index is 913. The molecule has 0 radical (unpaired) electrons. The van der Waals surface area contributed by atoms with Gasteiger partial charge in [-0.15, -0.1) is 0 Å². The zero-order valence-electron chi connectivity index (χ0n) is 16.0. The van der Waals surface area contributed by atoms with E-state index in [1.165, 1.54) is 30.4 Å². The monoisotopic (exact) mass is 374 g/mol. The van der Waals surface area contributed by atoms with Gasteiger partial charge in [-0.3, -0.25) is 14.8 Å². The number of nitrogens with one attached hydrogen (secondary N) is 2. The first-order valence-corrected chi connectivity index (χ1v) is 9.98. The van der Waals surface area contributed by atoms with Crippen LogP contribution in [0, 0.1) is 0 Å². The number of H-pyrrole nitrogens is 1. The summed E-state index contributed by atoms with van der Waals surface area (Å²) in [6, 6.07) is 20.0. The summed E-state index contributed by atoms with van der Waals surface area (Å²) in [7, 11) is 0. The Morgan fingerprint density at radius 3 is 2.46 bits per heavy atom. The Morgan fingerprint density at radius 1 is 0.964 bits per heavy atom. The maximum Gasteiger partial charge on any atom is 0.269 e. The topological polar surface area (TPSA) is 61.0 Å². The number of carbonyl (C=O) groups excluding carboxylic acids is 1. The van der Waals surface area contributed by atoms with Crippen molar-refractivity contribution in [3.8, 4) is 11.3 Å². The van der Waals surface area contributed by atoms with Crippen molar-refractivity contribution in [1.82, 2.24) is 20.4 Å². The molecule has 5 heteroatoms. The molecule has 1 aliphatic rings. The minimum absolute atomic E-state index is 0.137. The quantitative estimate of drug-likeness (QED) is 0.686. The fourth-order valence-electron chi connectivity index (χ4n) is 3.71. The second kappa shape index (κ2) is 8.85. The molecular formula is C23H26N4O. The Labute approximate surface area is 165 Å². The molecule has 0 unspecified atom stereocenters. The molecule has 0 saturated carbocycles. The smallest absolute Gasteiger partial charge is 0.269 e. The largest absolute Gasteiger partial charge is 0.347 e. The van der Waals surface area contributed by atoms with Gasteiger partial charge < -0.3 is 5.32 Å². The predicted molar refractivity (Wildman–Crippen MR) is 111 cm³/mol. The molecule has 2 aromatic carbocycles. The molecule has 2 heterocycles. The van der Waals surface area contributed by atoms with E-state index in [1.807, 2.05) is 36.4 Å². The molecule has 1 amide bonds. The summed E-state index contributed by atoms with van der Waals surface area (Å²) >= 11 is 0. The second-order valence-corrected chi connectivity index (χ2v) is 7.32. The highest BCUT2D eigenvalue weighted by atomic mass is 16.1. The normalized spacial score (nSPS) is 14.7. The van der Waals surface area contributed by atoms with E-state index in [2.05, 4.69) is 38.6 Å². The van der Waals surface area contributed by atoms with Crippen molar-refractivity contribution in [2.75, 3.05) is 13.1 Å². The highest BCUT2D eigenvalue weighted by molar-refractivity contribution is 5.93. The maximum atomic E-state index is 12.6. The number of carbonyl (C=O) groups is 1. The molecule has 4 rings (SSSR count). The van der Waals surface area contributed by atoms with Crippen LogP contribution in [0.2, 0.25) is 0 Å². The van der Waals surface area contributed by atoms with Crippen LogP contribution in [0.15, 0.2) is 60.7 Å². The lowest BCUT2D eigenvalue weighted by molar-refractivity contribution is 0.0945. The minimum atomic E-state index is -0.137. The van der Waals surface area contributed by atoms with E-state index >= 15 is 0 Å². The summed E-state index contributed by atoms with van der Waals surface area (Å²) in [5.41, 5.74) is 4.71. The van der Waals surface area contributed by atoms with Crippen molar-refractivity contribution in [3.05, 3.63) is 77.5 Å². The summed E-state index contributed by atoms with van der Waals surface area (Å²) in [5, 5.41) is 10.1. The molecule has 0 aliphatic carbocycles. The Morgan fingerprint density at radius 2 is 1.68 bits per heavy atom. The van der Waals surface area contributed by atoms with Crippen LogP contribution in [0.25, 0.3) is 11.3 Å². The average molecular weight is 374 g/mol. The van der Waals surface area contributed by atoms with Gasteiger partial charge in [0.05, 0.1) is 5.69 Å². The van der Waals surface area contributed by atoms with Crippen molar-refractivity contribution < 1.29 is 4.79 Å². The second-order valence-electron chi connectivity index (χ2n) is 7.32. The van der Waals surface area contributed by atoms with Gasteiger partial charge in [-0.25, -0.2) is 0 Å². The number of aromatic nitrogens is 2. The van der Waals surface area contributed by atoms with Crippen LogP contribution in [0.1, 0.15) is 40.9 Å². The molecule has 0 bridgehead atoms. The third kappa shape index (κ3) is 4.49. The van der Waals surface area contributed by atoms with Gasteiger partial charge in [0.25, 0.3) is 5.91 Å². The number of aromatic amines is 1. The molecule has 2 N–H and O–H groups in total. The van der Waals surface area contributed by atoms with Gasteiger partial charge in [-0.1, -0.05) is 61.0 Å². The van der Waals surface area contributed by atoms with E-state index in [0.717, 1.165) is 30.9 Å². The van der Waals surface area contributed by atoms with E-state index in [9.17, 15) is 4.79 Å². The molecule has 0 spiro atoms. The number of benzene rings is 2. The van der Waals surface area contributed by atoms with Crippen LogP contribution in [-0.4, -0.2) is 34.1 Å². The standard InChI is InChI=1S/C23H26N4O/c28-23(22-15-21(25-26-22)18-9-3-1-4-10-18)24-16-19-11-5-6-12-20(19)17-27-13-7-2-8-14-27/h1,3-6,9-12,15H,2,7-8,13-14,16-17H2,(H,24,28)(H,25,26). The first-order chi connectivity index (χ1) is 13.8. The van der Waals surface area contributed by atoms with Gasteiger partial charge in [0.15, 0.2) is 0 Å². The number of hydrogen-bond acceptors (Lipinski definition) is 3. The van der Waals surface area contributed by atoms with Gasteiger partial charge in [0.1, 0.15) is 5.69 Å². The summed E-state index contributed by atoms with van der Waals surface area (Å²) in [6.45, 7) is 3.80. The zero-order chi connectivity index (χ0) is 19.2. The Hall–Kier alpha value is -2.92. The lowest BCUT2D eigenvalue weighted by atomic mass is 10.0. The molecule has 1 saturated heterocycles. The van der Waals surface area contributed by atoms with Gasteiger partial charge in [-0.2, -0.15) is 5.10 Å². The molecule has 1 fully saturated rings. The van der Waals surface area contributed by atoms with E-state index in [4.69, 9.17) is 0 Å². The van der Waals surface area contributed by atoms with E-state index in [-0.39, 0.29) is 5.91 Å². The van der Waals surface area contributed by atoms with Crippen LogP contribution < -0.4 is 5.32 Å². The maximum absolute atomic E-state index is 12.6. The average Bonchev–Trinajstić information content (AvgIpc) is 3.25. The Balaban J connectivity index is 1.39. The molecule has 144 valence electrons. The van der Waals surface area contributed by atoms with Gasteiger partial charge in [0, 0.05) is 18.7 Å². The van der Waals surface area contributed by atoms with E-state index in [1.54, 1.807) is 6.07 Å². The van der Waals surface area contributed by atoms with Crippen LogP contribution in [-0.2, 0) is 13.1 Å². The number of piperidine rings is 1. The first-order valence-electron chi connectivity index (χ1n) is 9.98. The number of amides is 1. The van der Waals surface area contributed by atoms with Crippen molar-refractivity contribution in [2.24, 2.45) is 0 Å². The number of nitrogens with zero attached hydrogens (tertiary/aromatic N) is 2.